The third kappa shape index (κ3) is 2.69. The molecule has 1 aliphatic carbocycles. The van der Waals surface area contributed by atoms with Gasteiger partial charge in [-0.2, -0.15) is 0 Å². The predicted molar refractivity (Wildman–Crippen MR) is 74.0 cm³/mol. The summed E-state index contributed by atoms with van der Waals surface area (Å²) in [6.45, 7) is 1.80. The van der Waals surface area contributed by atoms with E-state index in [4.69, 9.17) is 4.74 Å². The van der Waals surface area contributed by atoms with Crippen molar-refractivity contribution >= 4 is 12.4 Å². The molecule has 2 unspecified atom stereocenters. The van der Waals surface area contributed by atoms with E-state index in [9.17, 15) is 9.59 Å². The predicted octanol–water partition coefficient (Wildman–Crippen LogP) is 2.48. The highest BCUT2D eigenvalue weighted by atomic mass is 16.6. The highest BCUT2D eigenvalue weighted by Crippen LogP contribution is 2.40. The average Bonchev–Trinajstić information content (AvgIpc) is 3.04. The van der Waals surface area contributed by atoms with Crippen LogP contribution in [0.3, 0.4) is 0 Å². The summed E-state index contributed by atoms with van der Waals surface area (Å²) in [6.07, 6.45) is 2.69. The average molecular weight is 273 g/mol. The van der Waals surface area contributed by atoms with Gasteiger partial charge in [0.2, 0.25) is 0 Å². The molecule has 0 radical (unpaired) electrons. The van der Waals surface area contributed by atoms with Crippen LogP contribution in [-0.4, -0.2) is 30.4 Å². The van der Waals surface area contributed by atoms with Crippen molar-refractivity contribution in [3.63, 3.8) is 0 Å². The molecule has 1 saturated carbocycles. The third-order valence-corrected chi connectivity index (χ3v) is 4.44. The topological polar surface area (TPSA) is 46.6 Å². The van der Waals surface area contributed by atoms with Crippen LogP contribution in [0.25, 0.3) is 0 Å². The fourth-order valence-electron chi connectivity index (χ4n) is 3.42. The Labute approximate surface area is 118 Å². The molecular weight excluding hydrogens is 254 g/mol. The van der Waals surface area contributed by atoms with Crippen LogP contribution in [-0.2, 0) is 16.1 Å². The zero-order valence-electron chi connectivity index (χ0n) is 11.4. The second-order valence-corrected chi connectivity index (χ2v) is 5.83. The van der Waals surface area contributed by atoms with Crippen LogP contribution < -0.4 is 0 Å². The Kier molecular flexibility index (Phi) is 3.72. The van der Waals surface area contributed by atoms with Crippen molar-refractivity contribution in [1.82, 2.24) is 4.90 Å². The van der Waals surface area contributed by atoms with E-state index in [1.807, 2.05) is 30.3 Å². The normalized spacial score (nSPS) is 28.2. The summed E-state index contributed by atoms with van der Waals surface area (Å²) in [4.78, 5) is 24.6. The Bertz CT molecular complexity index is 474. The molecule has 2 aliphatic rings. The summed E-state index contributed by atoms with van der Waals surface area (Å²) in [7, 11) is 0. The molecular formula is C16H19NO3. The van der Waals surface area contributed by atoms with Crippen LogP contribution >= 0.6 is 0 Å². The lowest BCUT2D eigenvalue weighted by Gasteiger charge is -2.17. The quantitative estimate of drug-likeness (QED) is 0.795. The van der Waals surface area contributed by atoms with E-state index in [0.717, 1.165) is 37.8 Å². The number of nitrogens with zero attached hydrogens (tertiary/aromatic N) is 1. The Morgan fingerprint density at radius 1 is 1.20 bits per heavy atom. The number of likely N-dealkylation sites (tertiary alicyclic amines) is 1. The van der Waals surface area contributed by atoms with E-state index in [-0.39, 0.29) is 12.0 Å². The number of rotatable bonds is 3. The van der Waals surface area contributed by atoms with E-state index < -0.39 is 0 Å². The number of hydrogen-bond donors (Lipinski definition) is 0. The van der Waals surface area contributed by atoms with E-state index >= 15 is 0 Å². The maximum atomic E-state index is 12.0. The summed E-state index contributed by atoms with van der Waals surface area (Å²) in [5, 5.41) is 0. The van der Waals surface area contributed by atoms with Gasteiger partial charge in [-0.25, -0.2) is 4.79 Å². The van der Waals surface area contributed by atoms with Gasteiger partial charge >= 0.3 is 6.09 Å². The molecule has 0 bridgehead atoms. The van der Waals surface area contributed by atoms with E-state index in [2.05, 4.69) is 0 Å². The number of fused-ring (bicyclic) bond motifs is 1. The van der Waals surface area contributed by atoms with Crippen molar-refractivity contribution in [3.05, 3.63) is 35.9 Å². The number of benzene rings is 1. The van der Waals surface area contributed by atoms with Gasteiger partial charge in [-0.15, -0.1) is 0 Å². The van der Waals surface area contributed by atoms with Crippen molar-refractivity contribution < 1.29 is 14.3 Å². The third-order valence-electron chi connectivity index (χ3n) is 4.44. The SMILES string of the molecule is O=CC1CC2CN(C(=O)OCc3ccccc3)CC2C1. The first-order valence-electron chi connectivity index (χ1n) is 7.17. The molecule has 4 heteroatoms. The molecule has 0 aromatic heterocycles. The summed E-state index contributed by atoms with van der Waals surface area (Å²) in [5.74, 6) is 1.16. The number of amides is 1. The first-order valence-corrected chi connectivity index (χ1v) is 7.17. The zero-order valence-corrected chi connectivity index (χ0v) is 11.4. The fourth-order valence-corrected chi connectivity index (χ4v) is 3.42. The minimum Gasteiger partial charge on any atom is -0.445 e. The highest BCUT2D eigenvalue weighted by Gasteiger charge is 2.42. The molecule has 2 fully saturated rings. The lowest BCUT2D eigenvalue weighted by atomic mass is 10.0. The van der Waals surface area contributed by atoms with Crippen molar-refractivity contribution in [3.8, 4) is 0 Å². The minimum absolute atomic E-state index is 0.201. The van der Waals surface area contributed by atoms with Gasteiger partial charge in [-0.1, -0.05) is 30.3 Å². The maximum absolute atomic E-state index is 12.0. The fraction of sp³-hybridized carbons (Fsp3) is 0.500. The lowest BCUT2D eigenvalue weighted by molar-refractivity contribution is -0.111. The van der Waals surface area contributed by atoms with Crippen LogP contribution in [0, 0.1) is 17.8 Å². The molecule has 2 atom stereocenters. The molecule has 4 nitrogen and oxygen atoms in total. The van der Waals surface area contributed by atoms with Gasteiger partial charge in [-0.3, -0.25) is 0 Å². The lowest BCUT2D eigenvalue weighted by Crippen LogP contribution is -2.30. The van der Waals surface area contributed by atoms with Gasteiger partial charge in [-0.05, 0) is 30.2 Å². The van der Waals surface area contributed by atoms with E-state index in [1.54, 1.807) is 4.90 Å². The van der Waals surface area contributed by atoms with Crippen LogP contribution in [0.1, 0.15) is 18.4 Å². The van der Waals surface area contributed by atoms with Gasteiger partial charge < -0.3 is 14.4 Å². The van der Waals surface area contributed by atoms with Crippen molar-refractivity contribution in [2.24, 2.45) is 17.8 Å². The van der Waals surface area contributed by atoms with Crippen LogP contribution in [0.5, 0.6) is 0 Å². The molecule has 1 aromatic carbocycles. The molecule has 20 heavy (non-hydrogen) atoms. The minimum atomic E-state index is -0.231. The van der Waals surface area contributed by atoms with Gasteiger partial charge in [0.1, 0.15) is 12.9 Å². The second kappa shape index (κ2) is 5.65. The van der Waals surface area contributed by atoms with E-state index in [0.29, 0.717) is 18.4 Å². The summed E-state index contributed by atoms with van der Waals surface area (Å²) in [6, 6.07) is 9.70. The van der Waals surface area contributed by atoms with Gasteiger partial charge in [0.05, 0.1) is 0 Å². The first-order chi connectivity index (χ1) is 9.76. The summed E-state index contributed by atoms with van der Waals surface area (Å²) >= 11 is 0. The Balaban J connectivity index is 1.49. The van der Waals surface area contributed by atoms with Crippen LogP contribution in [0.2, 0.25) is 0 Å². The number of hydrogen-bond acceptors (Lipinski definition) is 3. The number of carbonyl (C=O) groups excluding carboxylic acids is 2. The molecule has 106 valence electrons. The molecule has 1 heterocycles. The molecule has 1 amide bonds. The Morgan fingerprint density at radius 2 is 1.85 bits per heavy atom. The molecule has 0 N–H and O–H groups in total. The van der Waals surface area contributed by atoms with Crippen LogP contribution in [0.15, 0.2) is 30.3 Å². The number of carbonyl (C=O) groups is 2. The van der Waals surface area contributed by atoms with Crippen molar-refractivity contribution in [2.45, 2.75) is 19.4 Å². The molecule has 1 aliphatic heterocycles. The smallest absolute Gasteiger partial charge is 0.410 e. The Hall–Kier alpha value is -1.84. The standard InChI is InChI=1S/C16H19NO3/c18-10-13-6-14-8-17(9-15(14)7-13)16(19)20-11-12-4-2-1-3-5-12/h1-5,10,13-15H,6-9,11H2. The number of aldehydes is 1. The second-order valence-electron chi connectivity index (χ2n) is 5.83. The largest absolute Gasteiger partial charge is 0.445 e. The van der Waals surface area contributed by atoms with E-state index in [1.165, 1.54) is 0 Å². The molecule has 1 saturated heterocycles. The van der Waals surface area contributed by atoms with Crippen molar-refractivity contribution in [2.75, 3.05) is 13.1 Å². The summed E-state index contributed by atoms with van der Waals surface area (Å²) < 4.78 is 5.35. The highest BCUT2D eigenvalue weighted by molar-refractivity contribution is 5.68. The monoisotopic (exact) mass is 273 g/mol. The first kappa shape index (κ1) is 13.2. The number of ether oxygens (including phenoxy) is 1. The molecule has 3 rings (SSSR count). The van der Waals surface area contributed by atoms with Gasteiger partial charge in [0.15, 0.2) is 0 Å². The Morgan fingerprint density at radius 3 is 2.45 bits per heavy atom. The molecule has 1 aromatic rings. The summed E-state index contributed by atoms with van der Waals surface area (Å²) in [5.41, 5.74) is 1.00. The van der Waals surface area contributed by atoms with Crippen molar-refractivity contribution in [1.29, 1.82) is 0 Å². The molecule has 0 spiro atoms. The van der Waals surface area contributed by atoms with Gasteiger partial charge in [0, 0.05) is 19.0 Å². The maximum Gasteiger partial charge on any atom is 0.410 e. The van der Waals surface area contributed by atoms with Gasteiger partial charge in [0.25, 0.3) is 0 Å². The zero-order chi connectivity index (χ0) is 13.9. The van der Waals surface area contributed by atoms with Crippen LogP contribution in [0.4, 0.5) is 4.79 Å².